The molecule has 2 aromatic rings. The van der Waals surface area contributed by atoms with Crippen molar-refractivity contribution in [3.05, 3.63) is 24.4 Å². The maximum absolute atomic E-state index is 12.4. The van der Waals surface area contributed by atoms with Gasteiger partial charge in [0.15, 0.2) is 0 Å². The van der Waals surface area contributed by atoms with E-state index in [-0.39, 0.29) is 5.91 Å². The van der Waals surface area contributed by atoms with Crippen LogP contribution in [-0.2, 0) is 21.4 Å². The second-order valence-electron chi connectivity index (χ2n) is 6.09. The number of hydrogen-bond donors (Lipinski definition) is 0. The van der Waals surface area contributed by atoms with Crippen molar-refractivity contribution in [2.24, 2.45) is 0 Å². The van der Waals surface area contributed by atoms with E-state index in [2.05, 4.69) is 5.10 Å². The molecule has 1 aliphatic heterocycles. The molecule has 1 aliphatic rings. The molecule has 9 heteroatoms. The summed E-state index contributed by atoms with van der Waals surface area (Å²) in [5, 5.41) is 5.30. The summed E-state index contributed by atoms with van der Waals surface area (Å²) in [6.07, 6.45) is 3.29. The predicted octanol–water partition coefficient (Wildman–Crippen LogP) is 0.539. The Balaban J connectivity index is 1.58. The highest BCUT2D eigenvalue weighted by Crippen LogP contribution is 2.20. The third-order valence-electron chi connectivity index (χ3n) is 4.45. The van der Waals surface area contributed by atoms with Gasteiger partial charge in [0.2, 0.25) is 15.9 Å². The summed E-state index contributed by atoms with van der Waals surface area (Å²) in [5.74, 6) is 0.789. The SMILES string of the molecule is COc1ccc2c(cnn2CCC(=O)N2CCN(S(C)(=O)=O)CC2)c1. The van der Waals surface area contributed by atoms with Gasteiger partial charge in [-0.2, -0.15) is 9.40 Å². The maximum atomic E-state index is 12.4. The lowest BCUT2D eigenvalue weighted by molar-refractivity contribution is -0.132. The molecular formula is C16H22N4O4S. The van der Waals surface area contributed by atoms with Gasteiger partial charge in [0.05, 0.1) is 31.6 Å². The molecule has 0 saturated carbocycles. The molecular weight excluding hydrogens is 344 g/mol. The van der Waals surface area contributed by atoms with Crippen LogP contribution in [0.15, 0.2) is 24.4 Å². The Kier molecular flexibility index (Phi) is 4.96. The first kappa shape index (κ1) is 17.7. The number of hydrogen-bond acceptors (Lipinski definition) is 5. The van der Waals surface area contributed by atoms with Crippen molar-refractivity contribution in [1.82, 2.24) is 19.0 Å². The van der Waals surface area contributed by atoms with Gasteiger partial charge in [-0.15, -0.1) is 0 Å². The van der Waals surface area contributed by atoms with Gasteiger partial charge in [0.25, 0.3) is 0 Å². The zero-order valence-electron chi connectivity index (χ0n) is 14.4. The van der Waals surface area contributed by atoms with Crippen molar-refractivity contribution in [3.63, 3.8) is 0 Å². The van der Waals surface area contributed by atoms with Crippen LogP contribution >= 0.6 is 0 Å². The van der Waals surface area contributed by atoms with Gasteiger partial charge >= 0.3 is 0 Å². The van der Waals surface area contributed by atoms with E-state index in [1.165, 1.54) is 10.6 Å². The Morgan fingerprint density at radius 2 is 1.96 bits per heavy atom. The molecule has 0 unspecified atom stereocenters. The Hall–Kier alpha value is -2.13. The van der Waals surface area contributed by atoms with Crippen molar-refractivity contribution in [2.75, 3.05) is 39.5 Å². The molecule has 1 amide bonds. The first-order valence-corrected chi connectivity index (χ1v) is 9.96. The van der Waals surface area contributed by atoms with Crippen LogP contribution in [-0.4, -0.2) is 72.9 Å². The molecule has 0 spiro atoms. The van der Waals surface area contributed by atoms with Crippen LogP contribution in [0.25, 0.3) is 10.9 Å². The molecule has 1 fully saturated rings. The standard InChI is InChI=1S/C16H22N4O4S/c1-24-14-3-4-15-13(11-14)12-17-20(15)6-5-16(21)18-7-9-19(10-8-18)25(2,22)23/h3-4,11-12H,5-10H2,1-2H3. The van der Waals surface area contributed by atoms with Crippen LogP contribution in [0.5, 0.6) is 5.75 Å². The van der Waals surface area contributed by atoms with E-state index in [0.717, 1.165) is 16.7 Å². The maximum Gasteiger partial charge on any atom is 0.224 e. The molecule has 1 aromatic carbocycles. The van der Waals surface area contributed by atoms with Gasteiger partial charge in [-0.05, 0) is 18.2 Å². The minimum absolute atomic E-state index is 0.0188. The molecule has 0 radical (unpaired) electrons. The highest BCUT2D eigenvalue weighted by Gasteiger charge is 2.25. The smallest absolute Gasteiger partial charge is 0.224 e. The van der Waals surface area contributed by atoms with E-state index in [0.29, 0.717) is 39.1 Å². The Labute approximate surface area is 147 Å². The number of carbonyl (C=O) groups is 1. The topological polar surface area (TPSA) is 84.7 Å². The number of aromatic nitrogens is 2. The van der Waals surface area contributed by atoms with Gasteiger partial charge in [-0.3, -0.25) is 9.48 Å². The second kappa shape index (κ2) is 7.01. The van der Waals surface area contributed by atoms with Crippen molar-refractivity contribution in [2.45, 2.75) is 13.0 Å². The first-order chi connectivity index (χ1) is 11.9. The normalized spacial score (nSPS) is 16.3. The van der Waals surface area contributed by atoms with Gasteiger partial charge in [0, 0.05) is 38.0 Å². The average molecular weight is 366 g/mol. The quantitative estimate of drug-likeness (QED) is 0.771. The van der Waals surface area contributed by atoms with E-state index in [4.69, 9.17) is 4.74 Å². The largest absolute Gasteiger partial charge is 0.497 e. The van der Waals surface area contributed by atoms with Crippen LogP contribution in [0, 0.1) is 0 Å². The lowest BCUT2D eigenvalue weighted by Crippen LogP contribution is -2.50. The molecule has 8 nitrogen and oxygen atoms in total. The number of piperazine rings is 1. The summed E-state index contributed by atoms with van der Waals surface area (Å²) < 4.78 is 31.4. The number of carbonyl (C=O) groups excluding carboxylic acids is 1. The summed E-state index contributed by atoms with van der Waals surface area (Å²) >= 11 is 0. The van der Waals surface area contributed by atoms with Gasteiger partial charge in [-0.1, -0.05) is 0 Å². The molecule has 25 heavy (non-hydrogen) atoms. The van der Waals surface area contributed by atoms with Crippen molar-refractivity contribution in [1.29, 1.82) is 0 Å². The Morgan fingerprint density at radius 3 is 2.60 bits per heavy atom. The van der Waals surface area contributed by atoms with E-state index in [1.807, 2.05) is 18.2 Å². The number of sulfonamides is 1. The highest BCUT2D eigenvalue weighted by atomic mass is 32.2. The molecule has 1 saturated heterocycles. The number of amides is 1. The van der Waals surface area contributed by atoms with Crippen LogP contribution in [0.3, 0.4) is 0 Å². The van der Waals surface area contributed by atoms with Gasteiger partial charge in [-0.25, -0.2) is 8.42 Å². The van der Waals surface area contributed by atoms with Crippen LogP contribution < -0.4 is 4.74 Å². The van der Waals surface area contributed by atoms with Crippen LogP contribution in [0.4, 0.5) is 0 Å². The molecule has 136 valence electrons. The number of fused-ring (bicyclic) bond motifs is 1. The number of nitrogens with zero attached hydrogens (tertiary/aromatic N) is 4. The molecule has 3 rings (SSSR count). The Morgan fingerprint density at radius 1 is 1.24 bits per heavy atom. The molecule has 0 bridgehead atoms. The third kappa shape index (κ3) is 3.93. The molecule has 1 aromatic heterocycles. The number of rotatable bonds is 5. The molecule has 0 atom stereocenters. The predicted molar refractivity (Wildman–Crippen MR) is 93.9 cm³/mol. The summed E-state index contributed by atoms with van der Waals surface area (Å²) in [7, 11) is -1.56. The van der Waals surface area contributed by atoms with Crippen molar-refractivity contribution >= 4 is 26.8 Å². The van der Waals surface area contributed by atoms with Crippen LogP contribution in [0.2, 0.25) is 0 Å². The van der Waals surface area contributed by atoms with Crippen molar-refractivity contribution < 1.29 is 17.9 Å². The van der Waals surface area contributed by atoms with E-state index in [9.17, 15) is 13.2 Å². The summed E-state index contributed by atoms with van der Waals surface area (Å²) in [5.41, 5.74) is 0.954. The lowest BCUT2D eigenvalue weighted by Gasteiger charge is -2.33. The number of benzene rings is 1. The third-order valence-corrected chi connectivity index (χ3v) is 5.75. The van der Waals surface area contributed by atoms with E-state index >= 15 is 0 Å². The highest BCUT2D eigenvalue weighted by molar-refractivity contribution is 7.88. The number of aryl methyl sites for hydroxylation is 1. The summed E-state index contributed by atoms with van der Waals surface area (Å²) in [6.45, 7) is 2.07. The van der Waals surface area contributed by atoms with Crippen molar-refractivity contribution in [3.8, 4) is 5.75 Å². The minimum Gasteiger partial charge on any atom is -0.497 e. The fraction of sp³-hybridized carbons (Fsp3) is 0.500. The number of ether oxygens (including phenoxy) is 1. The molecule has 0 aliphatic carbocycles. The van der Waals surface area contributed by atoms with E-state index < -0.39 is 10.0 Å². The van der Waals surface area contributed by atoms with Gasteiger partial charge < -0.3 is 9.64 Å². The fourth-order valence-corrected chi connectivity index (χ4v) is 3.83. The van der Waals surface area contributed by atoms with Gasteiger partial charge in [0.1, 0.15) is 5.75 Å². The zero-order chi connectivity index (χ0) is 18.0. The zero-order valence-corrected chi connectivity index (χ0v) is 15.2. The monoisotopic (exact) mass is 366 g/mol. The first-order valence-electron chi connectivity index (χ1n) is 8.11. The van der Waals surface area contributed by atoms with E-state index in [1.54, 1.807) is 22.9 Å². The number of methoxy groups -OCH3 is 1. The minimum atomic E-state index is -3.18. The Bertz CT molecular complexity index is 869. The summed E-state index contributed by atoms with van der Waals surface area (Å²) in [6, 6.07) is 5.70. The summed E-state index contributed by atoms with van der Waals surface area (Å²) in [4.78, 5) is 14.1. The second-order valence-corrected chi connectivity index (χ2v) is 8.07. The molecule has 2 heterocycles. The average Bonchev–Trinajstić information content (AvgIpc) is 3.01. The van der Waals surface area contributed by atoms with Crippen LogP contribution in [0.1, 0.15) is 6.42 Å². The molecule has 0 N–H and O–H groups in total. The lowest BCUT2D eigenvalue weighted by atomic mass is 10.2. The fourth-order valence-electron chi connectivity index (χ4n) is 3.00.